The van der Waals surface area contributed by atoms with E-state index < -0.39 is 29.8 Å². The molecule has 6 N–H and O–H groups in total. The van der Waals surface area contributed by atoms with E-state index in [2.05, 4.69) is 9.97 Å². The molecular weight excluding hydrogens is 306 g/mol. The van der Waals surface area contributed by atoms with Crippen LogP contribution in [0.3, 0.4) is 0 Å². The fourth-order valence-corrected chi connectivity index (χ4v) is 2.64. The van der Waals surface area contributed by atoms with E-state index in [9.17, 15) is 19.8 Å². The summed E-state index contributed by atoms with van der Waals surface area (Å²) in [5.74, 6) is -1.01. The van der Waals surface area contributed by atoms with Gasteiger partial charge in [0, 0.05) is 12.6 Å². The number of nitrogens with zero attached hydrogens (tertiary/aromatic N) is 3. The summed E-state index contributed by atoms with van der Waals surface area (Å²) in [6.45, 7) is -0.365. The number of aliphatic hydroxyl groups excluding tert-OH is 2. The van der Waals surface area contributed by atoms with Crippen molar-refractivity contribution < 1.29 is 19.7 Å². The van der Waals surface area contributed by atoms with Gasteiger partial charge in [0.25, 0.3) is 5.91 Å². The summed E-state index contributed by atoms with van der Waals surface area (Å²) in [5, 5.41) is 19.0. The number of primary amides is 1. The van der Waals surface area contributed by atoms with Crippen molar-refractivity contribution in [3.05, 3.63) is 28.3 Å². The number of amides is 1. The summed E-state index contributed by atoms with van der Waals surface area (Å²) in [7, 11) is 0. The zero-order valence-corrected chi connectivity index (χ0v) is 11.9. The Labute approximate surface area is 129 Å². The molecule has 10 heteroatoms. The zero-order valence-electron chi connectivity index (χ0n) is 11.9. The van der Waals surface area contributed by atoms with Crippen molar-refractivity contribution in [1.82, 2.24) is 14.5 Å². The van der Waals surface area contributed by atoms with Crippen LogP contribution < -0.4 is 16.9 Å². The Morgan fingerprint density at radius 1 is 1.48 bits per heavy atom. The van der Waals surface area contributed by atoms with Gasteiger partial charge in [0.2, 0.25) is 5.43 Å². The van der Waals surface area contributed by atoms with E-state index in [0.29, 0.717) is 0 Å². The molecule has 0 radical (unpaired) electrons. The molecule has 2 aromatic heterocycles. The van der Waals surface area contributed by atoms with E-state index in [1.807, 2.05) is 0 Å². The predicted octanol–water partition coefficient (Wildman–Crippen LogP) is -1.89. The Bertz CT molecular complexity index is 835. The van der Waals surface area contributed by atoms with Crippen molar-refractivity contribution in [2.75, 3.05) is 12.3 Å². The molecule has 0 aromatic carbocycles. The minimum absolute atomic E-state index is 0.0469. The lowest BCUT2D eigenvalue weighted by Gasteiger charge is -2.18. The maximum Gasteiger partial charge on any atom is 0.254 e. The van der Waals surface area contributed by atoms with E-state index in [-0.39, 0.29) is 35.4 Å². The Morgan fingerprint density at radius 3 is 2.83 bits per heavy atom. The Morgan fingerprint density at radius 2 is 2.22 bits per heavy atom. The first-order chi connectivity index (χ1) is 10.9. The highest BCUT2D eigenvalue weighted by molar-refractivity contribution is 5.97. The summed E-state index contributed by atoms with van der Waals surface area (Å²) in [5.41, 5.74) is 10.2. The molecule has 122 valence electrons. The normalized spacial score (nSPS) is 24.2. The molecule has 1 saturated heterocycles. The van der Waals surface area contributed by atoms with E-state index in [1.165, 1.54) is 17.1 Å². The summed E-state index contributed by atoms with van der Waals surface area (Å²) in [6.07, 6.45) is 0.132. The number of carbonyl (C=O) groups excluding carboxylic acids is 1. The second-order valence-electron chi connectivity index (χ2n) is 5.22. The van der Waals surface area contributed by atoms with Crippen LogP contribution in [0.1, 0.15) is 23.0 Å². The van der Waals surface area contributed by atoms with Crippen LogP contribution in [0.4, 0.5) is 5.82 Å². The highest BCUT2D eigenvalue weighted by atomic mass is 16.5. The van der Waals surface area contributed by atoms with Crippen LogP contribution in [0.25, 0.3) is 11.0 Å². The van der Waals surface area contributed by atoms with Gasteiger partial charge in [-0.05, 0) is 0 Å². The molecule has 0 saturated carbocycles. The lowest BCUT2D eigenvalue weighted by molar-refractivity contribution is -0.0432. The van der Waals surface area contributed by atoms with Gasteiger partial charge in [0.15, 0.2) is 5.65 Å². The standard InChI is InChI=1S/C13H15N5O5/c14-11-9-10(21)5(12(15)22)2-18(13(9)17-4-16-11)8-1-6(20)7(3-19)23-8/h2,4,6-8,19-20H,1,3H2,(H2,15,22)(H2,14,16,17). The monoisotopic (exact) mass is 321 g/mol. The van der Waals surface area contributed by atoms with Crippen LogP contribution in [-0.4, -0.2) is 49.5 Å². The number of fused-ring (bicyclic) bond motifs is 1. The van der Waals surface area contributed by atoms with Crippen molar-refractivity contribution in [2.45, 2.75) is 24.9 Å². The van der Waals surface area contributed by atoms with Gasteiger partial charge in [0.05, 0.1) is 12.7 Å². The maximum absolute atomic E-state index is 12.3. The highest BCUT2D eigenvalue weighted by Gasteiger charge is 2.35. The Hall–Kier alpha value is -2.56. The molecule has 10 nitrogen and oxygen atoms in total. The van der Waals surface area contributed by atoms with Crippen LogP contribution in [0, 0.1) is 0 Å². The fraction of sp³-hybridized carbons (Fsp3) is 0.385. The number of anilines is 1. The molecule has 0 aliphatic carbocycles. The van der Waals surface area contributed by atoms with E-state index in [4.69, 9.17) is 16.2 Å². The number of nitrogens with two attached hydrogens (primary N) is 2. The molecule has 1 fully saturated rings. The molecule has 0 spiro atoms. The van der Waals surface area contributed by atoms with E-state index in [0.717, 1.165) is 0 Å². The van der Waals surface area contributed by atoms with Crippen LogP contribution in [0.2, 0.25) is 0 Å². The smallest absolute Gasteiger partial charge is 0.254 e. The van der Waals surface area contributed by atoms with Crippen molar-refractivity contribution >= 4 is 22.8 Å². The number of ether oxygens (including phenoxy) is 1. The predicted molar refractivity (Wildman–Crippen MR) is 78.3 cm³/mol. The molecule has 0 bridgehead atoms. The Balaban J connectivity index is 2.25. The van der Waals surface area contributed by atoms with Crippen molar-refractivity contribution in [3.8, 4) is 0 Å². The summed E-state index contributed by atoms with van der Waals surface area (Å²) >= 11 is 0. The third-order valence-electron chi connectivity index (χ3n) is 3.80. The van der Waals surface area contributed by atoms with E-state index >= 15 is 0 Å². The van der Waals surface area contributed by atoms with Gasteiger partial charge >= 0.3 is 0 Å². The minimum Gasteiger partial charge on any atom is -0.394 e. The average molecular weight is 321 g/mol. The van der Waals surface area contributed by atoms with Gasteiger partial charge in [-0.3, -0.25) is 9.59 Å². The quantitative estimate of drug-likeness (QED) is 0.509. The van der Waals surface area contributed by atoms with Gasteiger partial charge < -0.3 is 31.0 Å². The molecule has 3 atom stereocenters. The number of nitrogen functional groups attached to an aromatic ring is 1. The van der Waals surface area contributed by atoms with Crippen LogP contribution in [0.5, 0.6) is 0 Å². The van der Waals surface area contributed by atoms with E-state index in [1.54, 1.807) is 0 Å². The van der Waals surface area contributed by atoms with Gasteiger partial charge in [-0.1, -0.05) is 0 Å². The largest absolute Gasteiger partial charge is 0.394 e. The summed E-state index contributed by atoms with van der Waals surface area (Å²) in [4.78, 5) is 31.6. The van der Waals surface area contributed by atoms with Crippen LogP contribution in [0.15, 0.2) is 17.3 Å². The first-order valence-corrected chi connectivity index (χ1v) is 6.83. The molecular formula is C13H15N5O5. The molecule has 3 heterocycles. The topological polar surface area (TPSA) is 167 Å². The molecule has 3 rings (SSSR count). The van der Waals surface area contributed by atoms with Crippen molar-refractivity contribution in [1.29, 1.82) is 0 Å². The number of hydrogen-bond acceptors (Lipinski definition) is 8. The summed E-state index contributed by atoms with van der Waals surface area (Å²) < 4.78 is 6.94. The van der Waals surface area contributed by atoms with Crippen molar-refractivity contribution in [3.63, 3.8) is 0 Å². The minimum atomic E-state index is -0.925. The average Bonchev–Trinajstić information content (AvgIpc) is 2.88. The fourth-order valence-electron chi connectivity index (χ4n) is 2.64. The molecule has 23 heavy (non-hydrogen) atoms. The number of rotatable bonds is 3. The van der Waals surface area contributed by atoms with Gasteiger partial charge in [-0.25, -0.2) is 9.97 Å². The second-order valence-corrected chi connectivity index (χ2v) is 5.22. The molecule has 1 amide bonds. The van der Waals surface area contributed by atoms with Gasteiger partial charge in [-0.2, -0.15) is 0 Å². The Kier molecular flexibility index (Phi) is 3.72. The number of aliphatic hydroxyl groups is 2. The number of pyridine rings is 1. The number of hydrogen-bond donors (Lipinski definition) is 4. The third kappa shape index (κ3) is 2.42. The lowest BCUT2D eigenvalue weighted by Crippen LogP contribution is -2.27. The first kappa shape index (κ1) is 15.3. The zero-order chi connectivity index (χ0) is 16.7. The number of carbonyl (C=O) groups is 1. The SMILES string of the molecule is NC(=O)c1cn(C2CC(O)C(CO)O2)c2ncnc(N)c2c1=O. The molecule has 2 aromatic rings. The van der Waals surface area contributed by atoms with Crippen molar-refractivity contribution in [2.24, 2.45) is 5.73 Å². The lowest BCUT2D eigenvalue weighted by atomic mass is 10.1. The molecule has 1 aliphatic rings. The maximum atomic E-state index is 12.3. The van der Waals surface area contributed by atoms with Crippen LogP contribution in [-0.2, 0) is 4.74 Å². The third-order valence-corrected chi connectivity index (χ3v) is 3.80. The van der Waals surface area contributed by atoms with Gasteiger partial charge in [0.1, 0.15) is 35.4 Å². The van der Waals surface area contributed by atoms with Crippen LogP contribution >= 0.6 is 0 Å². The first-order valence-electron chi connectivity index (χ1n) is 6.83. The highest BCUT2D eigenvalue weighted by Crippen LogP contribution is 2.30. The number of aromatic nitrogens is 3. The van der Waals surface area contributed by atoms with Gasteiger partial charge in [-0.15, -0.1) is 0 Å². The second kappa shape index (κ2) is 5.57. The summed E-state index contributed by atoms with van der Waals surface area (Å²) in [6, 6.07) is 0. The molecule has 3 unspecified atom stereocenters. The molecule has 1 aliphatic heterocycles.